The Hall–Kier alpha value is -3.17. The van der Waals surface area contributed by atoms with Crippen molar-refractivity contribution in [1.29, 1.82) is 0 Å². The SMILES string of the molecule is Cc1nc(C2=C(C(=O)NC3CCn4nc(-c5ccccc5)nc4C3)[NH2+]N=C2)c(C)s1. The van der Waals surface area contributed by atoms with Gasteiger partial charge in [0.25, 0.3) is 0 Å². The molecule has 4 heterocycles. The largest absolute Gasteiger partial charge is 0.344 e. The molecular weight excluding hydrogens is 398 g/mol. The predicted octanol–water partition coefficient (Wildman–Crippen LogP) is 1.42. The smallest absolute Gasteiger partial charge is 0.308 e. The van der Waals surface area contributed by atoms with Crippen LogP contribution >= 0.6 is 11.3 Å². The molecule has 0 spiro atoms. The first-order valence-electron chi connectivity index (χ1n) is 9.93. The fourth-order valence-corrected chi connectivity index (χ4v) is 4.71. The second-order valence-corrected chi connectivity index (χ2v) is 8.88. The van der Waals surface area contributed by atoms with Crippen LogP contribution in [0.5, 0.6) is 0 Å². The van der Waals surface area contributed by atoms with Gasteiger partial charge in [0, 0.05) is 29.4 Å². The van der Waals surface area contributed by atoms with Gasteiger partial charge in [0.1, 0.15) is 5.82 Å². The lowest BCUT2D eigenvalue weighted by atomic mass is 10.1. The summed E-state index contributed by atoms with van der Waals surface area (Å²) in [6.07, 6.45) is 3.19. The highest BCUT2D eigenvalue weighted by molar-refractivity contribution is 7.11. The number of hydrogen-bond acceptors (Lipinski definition) is 6. The van der Waals surface area contributed by atoms with Gasteiger partial charge >= 0.3 is 5.91 Å². The predicted molar refractivity (Wildman–Crippen MR) is 115 cm³/mol. The summed E-state index contributed by atoms with van der Waals surface area (Å²) in [4.78, 5) is 23.4. The van der Waals surface area contributed by atoms with Crippen molar-refractivity contribution in [2.45, 2.75) is 39.3 Å². The zero-order valence-corrected chi connectivity index (χ0v) is 17.6. The molecule has 3 N–H and O–H groups in total. The van der Waals surface area contributed by atoms with Crippen LogP contribution in [-0.2, 0) is 17.8 Å². The second kappa shape index (κ2) is 7.58. The Labute approximate surface area is 177 Å². The minimum absolute atomic E-state index is 0.0128. The van der Waals surface area contributed by atoms with E-state index in [2.05, 4.69) is 20.5 Å². The molecule has 0 radical (unpaired) electrons. The lowest BCUT2D eigenvalue weighted by Crippen LogP contribution is -2.77. The third-order valence-electron chi connectivity index (χ3n) is 5.33. The summed E-state index contributed by atoms with van der Waals surface area (Å²) in [6.45, 7) is 4.72. The van der Waals surface area contributed by atoms with Crippen molar-refractivity contribution in [3.05, 3.63) is 57.4 Å². The minimum atomic E-state index is -0.117. The first-order valence-corrected chi connectivity index (χ1v) is 10.7. The third-order valence-corrected chi connectivity index (χ3v) is 6.22. The zero-order valence-electron chi connectivity index (χ0n) is 16.8. The van der Waals surface area contributed by atoms with Gasteiger partial charge in [0.05, 0.1) is 22.5 Å². The number of fused-ring (bicyclic) bond motifs is 1. The summed E-state index contributed by atoms with van der Waals surface area (Å²) in [5, 5.41) is 13.0. The number of aryl methyl sites for hydroxylation is 3. The van der Waals surface area contributed by atoms with Crippen molar-refractivity contribution in [2.24, 2.45) is 5.10 Å². The average molecular weight is 421 g/mol. The molecule has 8 nitrogen and oxygen atoms in total. The molecule has 1 unspecified atom stereocenters. The van der Waals surface area contributed by atoms with Gasteiger partial charge in [-0.05, 0) is 20.3 Å². The van der Waals surface area contributed by atoms with Gasteiger partial charge in [-0.2, -0.15) is 10.5 Å². The summed E-state index contributed by atoms with van der Waals surface area (Å²) >= 11 is 1.63. The van der Waals surface area contributed by atoms with Gasteiger partial charge in [-0.3, -0.25) is 4.79 Å². The first kappa shape index (κ1) is 18.8. The van der Waals surface area contributed by atoms with Crippen LogP contribution < -0.4 is 10.7 Å². The molecule has 5 rings (SSSR count). The van der Waals surface area contributed by atoms with Crippen LogP contribution in [0.1, 0.15) is 27.8 Å². The van der Waals surface area contributed by atoms with Gasteiger partial charge in [-0.15, -0.1) is 11.3 Å². The zero-order chi connectivity index (χ0) is 20.7. The number of hydrogen-bond donors (Lipinski definition) is 2. The number of amides is 1. The Morgan fingerprint density at radius 2 is 2.07 bits per heavy atom. The van der Waals surface area contributed by atoms with Crippen LogP contribution in [-0.4, -0.2) is 37.9 Å². The van der Waals surface area contributed by atoms with E-state index < -0.39 is 0 Å². The number of rotatable bonds is 4. The summed E-state index contributed by atoms with van der Waals surface area (Å²) < 4.78 is 1.95. The number of quaternary nitrogens is 1. The highest BCUT2D eigenvalue weighted by Gasteiger charge is 2.30. The summed E-state index contributed by atoms with van der Waals surface area (Å²) in [6, 6.07) is 9.97. The van der Waals surface area contributed by atoms with Gasteiger partial charge in [0.15, 0.2) is 5.82 Å². The normalized spacial score (nSPS) is 18.0. The molecule has 0 fully saturated rings. The van der Waals surface area contributed by atoms with E-state index in [1.807, 2.05) is 48.9 Å². The molecule has 1 amide bonds. The number of nitrogens with two attached hydrogens (primary N) is 1. The van der Waals surface area contributed by atoms with Crippen molar-refractivity contribution in [3.63, 3.8) is 0 Å². The van der Waals surface area contributed by atoms with E-state index in [9.17, 15) is 4.79 Å². The van der Waals surface area contributed by atoms with E-state index in [-0.39, 0.29) is 11.9 Å². The highest BCUT2D eigenvalue weighted by Crippen LogP contribution is 2.25. The molecule has 30 heavy (non-hydrogen) atoms. The van der Waals surface area contributed by atoms with Gasteiger partial charge in [0.2, 0.25) is 5.70 Å². The molecule has 0 saturated heterocycles. The molecule has 0 bridgehead atoms. The standard InChI is InChI=1S/C21H21N7OS/c1-12-18(23-13(2)30-12)16-11-22-26-19(16)21(29)24-15-8-9-28-17(10-15)25-20(27-28)14-6-4-3-5-7-14/h3-7,11,15H,8-10H2,1-2H3,(H,22,26)(H,24,29)/p+1. The van der Waals surface area contributed by atoms with Gasteiger partial charge in [-0.25, -0.2) is 14.6 Å². The van der Waals surface area contributed by atoms with Crippen LogP contribution in [0.25, 0.3) is 17.0 Å². The Morgan fingerprint density at radius 3 is 2.83 bits per heavy atom. The summed E-state index contributed by atoms with van der Waals surface area (Å²) in [7, 11) is 0. The van der Waals surface area contributed by atoms with Crippen molar-refractivity contribution >= 4 is 29.0 Å². The highest BCUT2D eigenvalue weighted by atomic mass is 32.1. The van der Waals surface area contributed by atoms with E-state index in [1.54, 1.807) is 23.0 Å². The van der Waals surface area contributed by atoms with Crippen LogP contribution in [0.15, 0.2) is 41.1 Å². The lowest BCUT2D eigenvalue weighted by molar-refractivity contribution is -0.602. The molecule has 0 aliphatic carbocycles. The number of allylic oxidation sites excluding steroid dienone is 1. The van der Waals surface area contributed by atoms with Crippen LogP contribution in [0.2, 0.25) is 0 Å². The number of nitrogens with one attached hydrogen (secondary N) is 1. The molecule has 2 aromatic heterocycles. The summed E-state index contributed by atoms with van der Waals surface area (Å²) in [5.74, 6) is 1.51. The lowest BCUT2D eigenvalue weighted by Gasteiger charge is -2.22. The van der Waals surface area contributed by atoms with Crippen LogP contribution in [0, 0.1) is 13.8 Å². The van der Waals surface area contributed by atoms with Crippen molar-refractivity contribution < 1.29 is 10.2 Å². The molecule has 9 heteroatoms. The molecule has 0 saturated carbocycles. The molecule has 2 aliphatic rings. The maximum absolute atomic E-state index is 13.0. The average Bonchev–Trinajstić information content (AvgIpc) is 3.46. The van der Waals surface area contributed by atoms with Gasteiger partial charge < -0.3 is 5.32 Å². The minimum Gasteiger partial charge on any atom is -0.344 e. The fourth-order valence-electron chi connectivity index (χ4n) is 3.87. The second-order valence-electron chi connectivity index (χ2n) is 7.48. The first-order chi connectivity index (χ1) is 14.6. The molecule has 2 aliphatic heterocycles. The topological polar surface area (TPSA) is 102 Å². The quantitative estimate of drug-likeness (QED) is 0.623. The van der Waals surface area contributed by atoms with E-state index >= 15 is 0 Å². The Bertz CT molecular complexity index is 1180. The fraction of sp³-hybridized carbons (Fsp3) is 0.286. The Morgan fingerprint density at radius 1 is 1.23 bits per heavy atom. The maximum Gasteiger partial charge on any atom is 0.308 e. The molecule has 1 aromatic carbocycles. The molecule has 1 atom stereocenters. The van der Waals surface area contributed by atoms with Crippen LogP contribution in [0.3, 0.4) is 0 Å². The number of thiazole rings is 1. The number of carbonyl (C=O) groups excluding carboxylic acids is 1. The maximum atomic E-state index is 13.0. The monoisotopic (exact) mass is 420 g/mol. The Kier molecular flexibility index (Phi) is 4.76. The van der Waals surface area contributed by atoms with Crippen LogP contribution in [0.4, 0.5) is 0 Å². The van der Waals surface area contributed by atoms with Crippen molar-refractivity contribution in [1.82, 2.24) is 25.1 Å². The van der Waals surface area contributed by atoms with E-state index in [4.69, 9.17) is 4.98 Å². The third kappa shape index (κ3) is 3.46. The Balaban J connectivity index is 1.33. The number of benzene rings is 1. The molecule has 3 aromatic rings. The number of nitrogens with zero attached hydrogens (tertiary/aromatic N) is 5. The van der Waals surface area contributed by atoms with E-state index in [0.29, 0.717) is 12.1 Å². The van der Waals surface area contributed by atoms with Crippen molar-refractivity contribution in [3.8, 4) is 11.4 Å². The van der Waals surface area contributed by atoms with E-state index in [1.165, 1.54) is 0 Å². The molecule has 152 valence electrons. The van der Waals surface area contributed by atoms with Crippen molar-refractivity contribution in [2.75, 3.05) is 0 Å². The van der Waals surface area contributed by atoms with E-state index in [0.717, 1.165) is 51.3 Å². The summed E-state index contributed by atoms with van der Waals surface area (Å²) in [5.41, 5.74) is 4.83. The molecular formula is C21H22N7OS+. The van der Waals surface area contributed by atoms with Gasteiger partial charge in [-0.1, -0.05) is 35.4 Å². The number of carbonyl (C=O) groups is 1. The number of aromatic nitrogens is 4.